The average molecular weight is 472 g/mol. The number of carbonyl (C=O) groups excluding carboxylic acids is 2. The predicted molar refractivity (Wildman–Crippen MR) is 130 cm³/mol. The fraction of sp³-hybridized carbons (Fsp3) is 0.440. The molecule has 1 heterocycles. The molecule has 2 aromatic rings. The quantitative estimate of drug-likeness (QED) is 0.671. The summed E-state index contributed by atoms with van der Waals surface area (Å²) in [6.07, 6.45) is 0.856. The van der Waals surface area contributed by atoms with Gasteiger partial charge in [-0.05, 0) is 81.8 Å². The van der Waals surface area contributed by atoms with Gasteiger partial charge in [-0.2, -0.15) is 4.31 Å². The number of piperidine rings is 1. The smallest absolute Gasteiger partial charge is 0.253 e. The summed E-state index contributed by atoms with van der Waals surface area (Å²) in [7, 11) is -3.65. The van der Waals surface area contributed by atoms with Crippen molar-refractivity contribution < 1.29 is 18.0 Å². The van der Waals surface area contributed by atoms with E-state index in [1.807, 2.05) is 40.7 Å². The van der Waals surface area contributed by atoms with Gasteiger partial charge in [0.1, 0.15) is 0 Å². The molecule has 1 aliphatic heterocycles. The first-order chi connectivity index (χ1) is 15.6. The maximum absolute atomic E-state index is 13.5. The molecule has 2 aromatic carbocycles. The van der Waals surface area contributed by atoms with Crippen LogP contribution in [0.25, 0.3) is 0 Å². The Balaban J connectivity index is 1.72. The monoisotopic (exact) mass is 471 g/mol. The number of rotatable bonds is 6. The highest BCUT2D eigenvalue weighted by Gasteiger charge is 2.34. The molecule has 33 heavy (non-hydrogen) atoms. The number of para-hydroxylation sites is 1. The van der Waals surface area contributed by atoms with Gasteiger partial charge in [-0.25, -0.2) is 8.42 Å². The predicted octanol–water partition coefficient (Wildman–Crippen LogP) is 3.71. The third-order valence-corrected chi connectivity index (χ3v) is 8.66. The van der Waals surface area contributed by atoms with E-state index < -0.39 is 10.0 Å². The Labute approximate surface area is 196 Å². The van der Waals surface area contributed by atoms with Crippen molar-refractivity contribution in [3.8, 4) is 0 Å². The molecule has 0 radical (unpaired) electrons. The van der Waals surface area contributed by atoms with Crippen LogP contribution in [0.5, 0.6) is 0 Å². The Kier molecular flexibility index (Phi) is 7.59. The molecule has 1 aliphatic rings. The summed E-state index contributed by atoms with van der Waals surface area (Å²) in [4.78, 5) is 25.6. The standard InChI is InChI=1S/C25H33N3O4S/c1-6-26-25(30)21-9-7-8-10-22(21)27-24(29)20-11-13-28(14-12-20)33(31,32)23-18(4)16(2)15-17(3)19(23)5/h7-10,15,20H,6,11-14H2,1-5H3,(H,26,30)(H,27,29). The molecule has 1 saturated heterocycles. The van der Waals surface area contributed by atoms with Crippen LogP contribution < -0.4 is 10.6 Å². The molecule has 0 saturated carbocycles. The summed E-state index contributed by atoms with van der Waals surface area (Å²) in [6, 6.07) is 8.90. The Morgan fingerprint density at radius 3 is 2.15 bits per heavy atom. The van der Waals surface area contributed by atoms with E-state index in [2.05, 4.69) is 10.6 Å². The lowest BCUT2D eigenvalue weighted by Gasteiger charge is -2.32. The van der Waals surface area contributed by atoms with Crippen molar-refractivity contribution in [1.82, 2.24) is 9.62 Å². The van der Waals surface area contributed by atoms with E-state index in [-0.39, 0.29) is 30.8 Å². The molecule has 178 valence electrons. The van der Waals surface area contributed by atoms with Gasteiger partial charge in [-0.15, -0.1) is 0 Å². The van der Waals surface area contributed by atoms with E-state index in [0.717, 1.165) is 22.3 Å². The molecule has 0 atom stereocenters. The molecule has 1 fully saturated rings. The SMILES string of the molecule is CCNC(=O)c1ccccc1NC(=O)C1CCN(S(=O)(=O)c2c(C)c(C)cc(C)c2C)CC1. The highest BCUT2D eigenvalue weighted by molar-refractivity contribution is 7.89. The van der Waals surface area contributed by atoms with Crippen LogP contribution in [0, 0.1) is 33.6 Å². The van der Waals surface area contributed by atoms with Crippen molar-refractivity contribution in [3.05, 3.63) is 58.1 Å². The molecule has 2 N–H and O–H groups in total. The molecule has 0 bridgehead atoms. The van der Waals surface area contributed by atoms with Crippen molar-refractivity contribution in [2.24, 2.45) is 5.92 Å². The van der Waals surface area contributed by atoms with Crippen molar-refractivity contribution in [3.63, 3.8) is 0 Å². The van der Waals surface area contributed by atoms with Crippen molar-refractivity contribution in [2.45, 2.75) is 52.4 Å². The molecule has 0 spiro atoms. The van der Waals surface area contributed by atoms with Crippen molar-refractivity contribution >= 4 is 27.5 Å². The summed E-state index contributed by atoms with van der Waals surface area (Å²) in [5, 5.41) is 5.62. The second-order valence-electron chi connectivity index (χ2n) is 8.66. The normalized spacial score (nSPS) is 15.3. The minimum Gasteiger partial charge on any atom is -0.352 e. The van der Waals surface area contributed by atoms with Gasteiger partial charge in [0.25, 0.3) is 5.91 Å². The zero-order chi connectivity index (χ0) is 24.3. The number of sulfonamides is 1. The zero-order valence-corrected chi connectivity index (χ0v) is 20.8. The van der Waals surface area contributed by atoms with Gasteiger partial charge in [0, 0.05) is 25.6 Å². The number of aryl methyl sites for hydroxylation is 2. The van der Waals surface area contributed by atoms with Gasteiger partial charge < -0.3 is 10.6 Å². The van der Waals surface area contributed by atoms with Crippen LogP contribution in [0.4, 0.5) is 5.69 Å². The van der Waals surface area contributed by atoms with Crippen LogP contribution in [0.2, 0.25) is 0 Å². The number of amides is 2. The molecular weight excluding hydrogens is 438 g/mol. The Hall–Kier alpha value is -2.71. The van der Waals surface area contributed by atoms with Gasteiger partial charge in [0.2, 0.25) is 15.9 Å². The Morgan fingerprint density at radius 2 is 1.58 bits per heavy atom. The zero-order valence-electron chi connectivity index (χ0n) is 20.0. The van der Waals surface area contributed by atoms with Gasteiger partial charge >= 0.3 is 0 Å². The van der Waals surface area contributed by atoms with E-state index in [1.54, 1.807) is 24.3 Å². The highest BCUT2D eigenvalue weighted by Crippen LogP contribution is 2.31. The third kappa shape index (κ3) is 5.12. The van der Waals surface area contributed by atoms with Crippen molar-refractivity contribution in [1.29, 1.82) is 0 Å². The molecule has 7 nitrogen and oxygen atoms in total. The lowest BCUT2D eigenvalue weighted by Crippen LogP contribution is -2.42. The number of nitrogens with one attached hydrogen (secondary N) is 2. The largest absolute Gasteiger partial charge is 0.352 e. The first-order valence-corrected chi connectivity index (χ1v) is 12.8. The van der Waals surface area contributed by atoms with E-state index in [1.165, 1.54) is 4.31 Å². The van der Waals surface area contributed by atoms with Crippen LogP contribution in [0.15, 0.2) is 35.2 Å². The first kappa shape index (κ1) is 24.9. The van der Waals surface area contributed by atoms with Gasteiger partial charge in [-0.1, -0.05) is 18.2 Å². The number of nitrogens with zero attached hydrogens (tertiary/aromatic N) is 1. The fourth-order valence-electron chi connectivity index (χ4n) is 4.34. The van der Waals surface area contributed by atoms with Crippen LogP contribution in [-0.2, 0) is 14.8 Å². The summed E-state index contributed by atoms with van der Waals surface area (Å²) >= 11 is 0. The molecule has 0 aromatic heterocycles. The number of carbonyl (C=O) groups is 2. The summed E-state index contributed by atoms with van der Waals surface area (Å²) in [5.74, 6) is -0.753. The van der Waals surface area contributed by atoms with Crippen molar-refractivity contribution in [2.75, 3.05) is 25.0 Å². The van der Waals surface area contributed by atoms with E-state index in [9.17, 15) is 18.0 Å². The summed E-state index contributed by atoms with van der Waals surface area (Å²) < 4.78 is 28.4. The molecule has 8 heteroatoms. The maximum atomic E-state index is 13.5. The topological polar surface area (TPSA) is 95.6 Å². The summed E-state index contributed by atoms with van der Waals surface area (Å²) in [5.41, 5.74) is 4.34. The van der Waals surface area contributed by atoms with Crippen LogP contribution in [-0.4, -0.2) is 44.2 Å². The van der Waals surface area contributed by atoms with Gasteiger partial charge in [0.15, 0.2) is 0 Å². The van der Waals surface area contributed by atoms with Crippen LogP contribution in [0.3, 0.4) is 0 Å². The minimum atomic E-state index is -3.65. The molecular formula is C25H33N3O4S. The van der Waals surface area contributed by atoms with E-state index >= 15 is 0 Å². The number of anilines is 1. The van der Waals surface area contributed by atoms with Gasteiger partial charge in [0.05, 0.1) is 16.1 Å². The lowest BCUT2D eigenvalue weighted by molar-refractivity contribution is -0.120. The number of benzene rings is 2. The lowest BCUT2D eigenvalue weighted by atomic mass is 9.97. The fourth-order valence-corrected chi connectivity index (χ4v) is 6.38. The minimum absolute atomic E-state index is 0.192. The van der Waals surface area contributed by atoms with E-state index in [4.69, 9.17) is 0 Å². The Bertz CT molecular complexity index is 1140. The first-order valence-electron chi connectivity index (χ1n) is 11.3. The highest BCUT2D eigenvalue weighted by atomic mass is 32.2. The maximum Gasteiger partial charge on any atom is 0.253 e. The number of hydrogen-bond donors (Lipinski definition) is 2. The average Bonchev–Trinajstić information content (AvgIpc) is 2.78. The van der Waals surface area contributed by atoms with Crippen LogP contribution in [0.1, 0.15) is 52.4 Å². The van der Waals surface area contributed by atoms with Crippen LogP contribution >= 0.6 is 0 Å². The number of hydrogen-bond acceptors (Lipinski definition) is 4. The van der Waals surface area contributed by atoms with E-state index in [0.29, 0.717) is 35.5 Å². The third-order valence-electron chi connectivity index (χ3n) is 6.49. The van der Waals surface area contributed by atoms with Gasteiger partial charge in [-0.3, -0.25) is 9.59 Å². The summed E-state index contributed by atoms with van der Waals surface area (Å²) in [6.45, 7) is 10.4. The molecule has 0 unspecified atom stereocenters. The molecule has 3 rings (SSSR count). The molecule has 0 aliphatic carbocycles. The molecule has 2 amide bonds. The second-order valence-corrected chi connectivity index (χ2v) is 10.5. The second kappa shape index (κ2) is 10.1. The Morgan fingerprint density at radius 1 is 1.00 bits per heavy atom.